The number of carbonyl (C=O) groups excluding carboxylic acids is 1. The molecule has 0 spiro atoms. The molecule has 0 bridgehead atoms. The van der Waals surface area contributed by atoms with Gasteiger partial charge in [0.15, 0.2) is 0 Å². The van der Waals surface area contributed by atoms with Gasteiger partial charge in [0.1, 0.15) is 0 Å². The van der Waals surface area contributed by atoms with E-state index in [0.717, 1.165) is 25.7 Å². The molecule has 0 aliphatic heterocycles. The van der Waals surface area contributed by atoms with Crippen LogP contribution in [0.2, 0.25) is 0 Å². The molecule has 122 valence electrons. The first-order chi connectivity index (χ1) is 10.1. The Labute approximate surface area is 126 Å². The first-order valence-electron chi connectivity index (χ1n) is 7.83. The highest BCUT2D eigenvalue weighted by molar-refractivity contribution is 5.74. The van der Waals surface area contributed by atoms with Crippen molar-refractivity contribution in [2.75, 3.05) is 26.8 Å². The number of hydrogen-bond donors (Lipinski definition) is 2. The Morgan fingerprint density at radius 3 is 2.62 bits per heavy atom. The molecule has 1 rings (SSSR count). The fraction of sp³-hybridized carbons (Fsp3) is 0.867. The van der Waals surface area contributed by atoms with E-state index >= 15 is 0 Å². The van der Waals surface area contributed by atoms with E-state index in [9.17, 15) is 9.59 Å². The van der Waals surface area contributed by atoms with Crippen molar-refractivity contribution in [1.82, 2.24) is 10.2 Å². The number of carboxylic acid groups (broad SMARTS) is 1. The number of rotatable bonds is 11. The van der Waals surface area contributed by atoms with E-state index < -0.39 is 5.97 Å². The van der Waals surface area contributed by atoms with Crippen LogP contribution in [0.25, 0.3) is 0 Å². The first kappa shape index (κ1) is 17.8. The molecule has 2 N–H and O–H groups in total. The van der Waals surface area contributed by atoms with Crippen molar-refractivity contribution in [1.29, 1.82) is 0 Å². The summed E-state index contributed by atoms with van der Waals surface area (Å²) < 4.78 is 5.04. The van der Waals surface area contributed by atoms with Crippen LogP contribution in [0, 0.1) is 5.92 Å². The molecule has 0 radical (unpaired) electrons. The van der Waals surface area contributed by atoms with Crippen molar-refractivity contribution in [3.05, 3.63) is 0 Å². The molecule has 1 saturated carbocycles. The first-order valence-corrected chi connectivity index (χ1v) is 7.83. The van der Waals surface area contributed by atoms with Crippen LogP contribution in [-0.4, -0.2) is 54.9 Å². The fourth-order valence-electron chi connectivity index (χ4n) is 2.39. The number of hydrogen-bond acceptors (Lipinski definition) is 3. The van der Waals surface area contributed by atoms with Gasteiger partial charge in [-0.05, 0) is 31.6 Å². The number of amides is 2. The molecular weight excluding hydrogens is 272 g/mol. The highest BCUT2D eigenvalue weighted by atomic mass is 16.5. The average molecular weight is 300 g/mol. The van der Waals surface area contributed by atoms with Crippen LogP contribution >= 0.6 is 0 Å². The molecular formula is C15H28N2O4. The van der Waals surface area contributed by atoms with Crippen LogP contribution in [-0.2, 0) is 9.53 Å². The molecule has 1 aliphatic rings. The zero-order valence-electron chi connectivity index (χ0n) is 13.1. The number of carboxylic acids is 1. The maximum absolute atomic E-state index is 12.1. The lowest BCUT2D eigenvalue weighted by Gasteiger charge is -2.23. The SMILES string of the molecule is CCC(CCNC(=O)N(CCOC)C1CC1)CCC(=O)O. The third kappa shape index (κ3) is 7.32. The summed E-state index contributed by atoms with van der Waals surface area (Å²) in [5.74, 6) is -0.397. The Morgan fingerprint density at radius 1 is 1.38 bits per heavy atom. The van der Waals surface area contributed by atoms with E-state index in [1.807, 2.05) is 4.90 Å². The predicted molar refractivity (Wildman–Crippen MR) is 80.3 cm³/mol. The van der Waals surface area contributed by atoms with Gasteiger partial charge in [-0.15, -0.1) is 0 Å². The van der Waals surface area contributed by atoms with Crippen molar-refractivity contribution in [3.8, 4) is 0 Å². The molecule has 2 amide bonds. The summed E-state index contributed by atoms with van der Waals surface area (Å²) in [6.07, 6.45) is 4.81. The summed E-state index contributed by atoms with van der Waals surface area (Å²) in [5, 5.41) is 11.7. The summed E-state index contributed by atoms with van der Waals surface area (Å²) in [5.41, 5.74) is 0. The van der Waals surface area contributed by atoms with Gasteiger partial charge in [-0.2, -0.15) is 0 Å². The minimum atomic E-state index is -0.753. The summed E-state index contributed by atoms with van der Waals surface area (Å²) in [4.78, 5) is 24.6. The number of nitrogens with zero attached hydrogens (tertiary/aromatic N) is 1. The van der Waals surface area contributed by atoms with Gasteiger partial charge in [0, 0.05) is 32.7 Å². The Bertz CT molecular complexity index is 332. The van der Waals surface area contributed by atoms with Crippen LogP contribution in [0.4, 0.5) is 4.79 Å². The highest BCUT2D eigenvalue weighted by Crippen LogP contribution is 2.26. The molecule has 0 heterocycles. The van der Waals surface area contributed by atoms with Crippen molar-refractivity contribution < 1.29 is 19.4 Å². The van der Waals surface area contributed by atoms with E-state index in [2.05, 4.69) is 12.2 Å². The average Bonchev–Trinajstić information content (AvgIpc) is 3.27. The molecule has 6 heteroatoms. The third-order valence-corrected chi connectivity index (χ3v) is 3.96. The number of methoxy groups -OCH3 is 1. The largest absolute Gasteiger partial charge is 0.481 e. The smallest absolute Gasteiger partial charge is 0.317 e. The van der Waals surface area contributed by atoms with E-state index in [4.69, 9.17) is 9.84 Å². The Morgan fingerprint density at radius 2 is 2.10 bits per heavy atom. The number of urea groups is 1. The summed E-state index contributed by atoms with van der Waals surface area (Å²) in [6, 6.07) is 0.344. The molecule has 1 unspecified atom stereocenters. The standard InChI is InChI=1S/C15H28N2O4/c1-3-12(4-7-14(18)19)8-9-16-15(20)17(10-11-21-2)13-5-6-13/h12-13H,3-11H2,1-2H3,(H,16,20)(H,18,19). The molecule has 1 aliphatic carbocycles. The molecule has 6 nitrogen and oxygen atoms in total. The molecule has 1 atom stereocenters. The maximum atomic E-state index is 12.1. The molecule has 21 heavy (non-hydrogen) atoms. The normalized spacial score (nSPS) is 15.5. The van der Waals surface area contributed by atoms with Gasteiger partial charge in [0.25, 0.3) is 0 Å². The van der Waals surface area contributed by atoms with Crippen LogP contribution in [0.5, 0.6) is 0 Å². The Kier molecular flexibility index (Phi) is 8.12. The second kappa shape index (κ2) is 9.60. The number of ether oxygens (including phenoxy) is 1. The molecule has 0 aromatic heterocycles. The number of aliphatic carboxylic acids is 1. The van der Waals surface area contributed by atoms with Crippen molar-refractivity contribution >= 4 is 12.0 Å². The van der Waals surface area contributed by atoms with E-state index in [0.29, 0.717) is 38.1 Å². The van der Waals surface area contributed by atoms with Crippen molar-refractivity contribution in [2.24, 2.45) is 5.92 Å². The number of nitrogens with one attached hydrogen (secondary N) is 1. The predicted octanol–water partition coefficient (Wildman–Crippen LogP) is 2.09. The quantitative estimate of drug-likeness (QED) is 0.612. The molecule has 0 aromatic rings. The minimum Gasteiger partial charge on any atom is -0.481 e. The van der Waals surface area contributed by atoms with Crippen LogP contribution in [0.1, 0.15) is 45.4 Å². The third-order valence-electron chi connectivity index (χ3n) is 3.96. The second-order valence-electron chi connectivity index (χ2n) is 5.64. The van der Waals surface area contributed by atoms with E-state index in [1.54, 1.807) is 7.11 Å². The molecule has 1 fully saturated rings. The summed E-state index contributed by atoms with van der Waals surface area (Å²) in [7, 11) is 1.64. The van der Waals surface area contributed by atoms with Gasteiger partial charge < -0.3 is 20.1 Å². The lowest BCUT2D eigenvalue weighted by atomic mass is 9.97. The van der Waals surface area contributed by atoms with Gasteiger partial charge in [-0.25, -0.2) is 4.79 Å². The van der Waals surface area contributed by atoms with Gasteiger partial charge in [-0.1, -0.05) is 13.3 Å². The summed E-state index contributed by atoms with van der Waals surface area (Å²) in [6.45, 7) is 3.85. The van der Waals surface area contributed by atoms with Gasteiger partial charge in [0.05, 0.1) is 6.61 Å². The summed E-state index contributed by atoms with van der Waals surface area (Å²) >= 11 is 0. The lowest BCUT2D eigenvalue weighted by molar-refractivity contribution is -0.137. The molecule has 0 aromatic carbocycles. The van der Waals surface area contributed by atoms with Crippen molar-refractivity contribution in [3.63, 3.8) is 0 Å². The topological polar surface area (TPSA) is 78.9 Å². The van der Waals surface area contributed by atoms with Gasteiger partial charge in [-0.3, -0.25) is 4.79 Å². The Balaban J connectivity index is 2.24. The fourth-order valence-corrected chi connectivity index (χ4v) is 2.39. The van der Waals surface area contributed by atoms with Crippen molar-refractivity contribution in [2.45, 2.75) is 51.5 Å². The van der Waals surface area contributed by atoms with Crippen LogP contribution in [0.15, 0.2) is 0 Å². The second-order valence-corrected chi connectivity index (χ2v) is 5.64. The monoisotopic (exact) mass is 300 g/mol. The van der Waals surface area contributed by atoms with E-state index in [1.165, 1.54) is 0 Å². The molecule has 0 saturated heterocycles. The lowest BCUT2D eigenvalue weighted by Crippen LogP contribution is -2.43. The van der Waals surface area contributed by atoms with Crippen LogP contribution in [0.3, 0.4) is 0 Å². The zero-order valence-corrected chi connectivity index (χ0v) is 13.1. The highest BCUT2D eigenvalue weighted by Gasteiger charge is 2.32. The minimum absolute atomic E-state index is 0.0253. The maximum Gasteiger partial charge on any atom is 0.317 e. The number of carbonyl (C=O) groups is 2. The van der Waals surface area contributed by atoms with E-state index in [-0.39, 0.29) is 12.5 Å². The van der Waals surface area contributed by atoms with Crippen LogP contribution < -0.4 is 5.32 Å². The van der Waals surface area contributed by atoms with Gasteiger partial charge >= 0.3 is 12.0 Å². The zero-order chi connectivity index (χ0) is 15.7. The van der Waals surface area contributed by atoms with Gasteiger partial charge in [0.2, 0.25) is 0 Å². The Hall–Kier alpha value is -1.30.